The third-order valence-electron chi connectivity index (χ3n) is 9.05. The van der Waals surface area contributed by atoms with Crippen molar-refractivity contribution in [2.75, 3.05) is 6.54 Å². The highest BCUT2D eigenvalue weighted by molar-refractivity contribution is 5.98. The summed E-state index contributed by atoms with van der Waals surface area (Å²) in [5, 5.41) is 0. The summed E-state index contributed by atoms with van der Waals surface area (Å²) in [5.74, 6) is 0.553. The van der Waals surface area contributed by atoms with Crippen LogP contribution >= 0.6 is 0 Å². The molecule has 0 radical (unpaired) electrons. The first-order valence-electron chi connectivity index (χ1n) is 22.4. The molecule has 0 unspecified atom stereocenters. The Morgan fingerprint density at radius 2 is 1.30 bits per heavy atom. The number of hydrogen-bond acceptors (Lipinski definition) is 1. The Labute approximate surface area is 385 Å². The van der Waals surface area contributed by atoms with E-state index in [4.69, 9.17) is 5.73 Å². The third kappa shape index (κ3) is 23.2. The maximum absolute atomic E-state index is 6.35. The molecule has 0 heterocycles. The molecule has 5 rings (SSSR count). The zero-order valence-corrected chi connectivity index (χ0v) is 39.7. The van der Waals surface area contributed by atoms with E-state index in [-0.39, 0.29) is 0 Å². The molecule has 2 nitrogen and oxygen atoms in total. The maximum atomic E-state index is 6.35. The van der Waals surface area contributed by atoms with Gasteiger partial charge in [-0.25, -0.2) is 0 Å². The van der Waals surface area contributed by atoms with Crippen molar-refractivity contribution in [3.8, 4) is 24.0 Å². The number of rotatable bonds is 15. The van der Waals surface area contributed by atoms with Gasteiger partial charge < -0.3 is 5.73 Å². The molecular formula is C61H76N2. The molecule has 0 fully saturated rings. The summed E-state index contributed by atoms with van der Waals surface area (Å²) in [6.45, 7) is 30.6. The second kappa shape index (κ2) is 37.1. The van der Waals surface area contributed by atoms with E-state index in [1.807, 2.05) is 70.2 Å². The van der Waals surface area contributed by atoms with Crippen molar-refractivity contribution in [1.29, 1.82) is 0 Å². The molecule has 3 aromatic rings. The Balaban J connectivity index is 0.00000116. The van der Waals surface area contributed by atoms with E-state index in [2.05, 4.69) is 186 Å². The number of nitrogens with two attached hydrogens (primary N) is 1. The largest absolute Gasteiger partial charge is 0.383 e. The molecule has 0 saturated heterocycles. The average Bonchev–Trinajstić information content (AvgIpc) is 3.35. The van der Waals surface area contributed by atoms with Gasteiger partial charge in [0.2, 0.25) is 0 Å². The van der Waals surface area contributed by atoms with Crippen molar-refractivity contribution in [2.45, 2.75) is 87.0 Å². The van der Waals surface area contributed by atoms with Crippen LogP contribution in [-0.4, -0.2) is 12.4 Å². The van der Waals surface area contributed by atoms with Crippen LogP contribution in [0.3, 0.4) is 0 Å². The number of benzene rings is 3. The molecule has 0 saturated carbocycles. The van der Waals surface area contributed by atoms with Gasteiger partial charge in [0.05, 0.1) is 6.54 Å². The predicted molar refractivity (Wildman–Crippen MR) is 288 cm³/mol. The second-order valence-corrected chi connectivity index (χ2v) is 13.6. The minimum atomic E-state index is 0.553. The predicted octanol–water partition coefficient (Wildman–Crippen LogP) is 17.3. The smallest absolute Gasteiger partial charge is 0.125 e. The average molecular weight is 837 g/mol. The van der Waals surface area contributed by atoms with Gasteiger partial charge in [-0.1, -0.05) is 231 Å². The van der Waals surface area contributed by atoms with Gasteiger partial charge in [-0.3, -0.25) is 4.99 Å². The first-order valence-corrected chi connectivity index (χ1v) is 22.4. The van der Waals surface area contributed by atoms with Gasteiger partial charge in [-0.2, -0.15) is 0 Å². The lowest BCUT2D eigenvalue weighted by molar-refractivity contribution is 0.994. The Bertz CT molecular complexity index is 2140. The molecule has 2 N–H and O–H groups in total. The molecule has 0 bridgehead atoms. The first-order chi connectivity index (χ1) is 30.8. The molecule has 0 atom stereocenters. The summed E-state index contributed by atoms with van der Waals surface area (Å²) >= 11 is 0. The second-order valence-electron chi connectivity index (χ2n) is 13.6. The summed E-state index contributed by atoms with van der Waals surface area (Å²) in [6, 6.07) is 25.4. The Kier molecular flexibility index (Phi) is 33.2. The van der Waals surface area contributed by atoms with Crippen LogP contribution in [0, 0.1) is 19.8 Å². The van der Waals surface area contributed by atoms with E-state index in [0.717, 1.165) is 64.7 Å². The van der Waals surface area contributed by atoms with Crippen molar-refractivity contribution >= 4 is 17.0 Å². The minimum absolute atomic E-state index is 0.553. The maximum Gasteiger partial charge on any atom is 0.125 e. The van der Waals surface area contributed by atoms with Crippen LogP contribution in [0.25, 0.3) is 22.3 Å². The van der Waals surface area contributed by atoms with Gasteiger partial charge in [-0.15, -0.1) is 12.8 Å². The molecule has 2 aliphatic carbocycles. The first kappa shape index (κ1) is 56.3. The molecule has 0 aromatic heterocycles. The fourth-order valence-corrected chi connectivity index (χ4v) is 5.89. The van der Waals surface area contributed by atoms with Crippen LogP contribution < -0.4 is 5.73 Å². The van der Waals surface area contributed by atoms with Crippen molar-refractivity contribution in [3.63, 3.8) is 0 Å². The van der Waals surface area contributed by atoms with Gasteiger partial charge in [-0.05, 0) is 114 Å². The molecule has 63 heavy (non-hydrogen) atoms. The zero-order valence-electron chi connectivity index (χ0n) is 39.7. The van der Waals surface area contributed by atoms with Crippen LogP contribution in [0.5, 0.6) is 0 Å². The minimum Gasteiger partial charge on any atom is -0.383 e. The number of hydrogen-bond donors (Lipinski definition) is 1. The summed E-state index contributed by atoms with van der Waals surface area (Å²) in [7, 11) is 0. The number of nitrogens with zero attached hydrogens (tertiary/aromatic N) is 1. The third-order valence-corrected chi connectivity index (χ3v) is 9.05. The van der Waals surface area contributed by atoms with E-state index in [1.165, 1.54) is 35.1 Å². The van der Waals surface area contributed by atoms with Crippen LogP contribution in [0.4, 0.5) is 0 Å². The molecular weight excluding hydrogens is 761 g/mol. The highest BCUT2D eigenvalue weighted by Crippen LogP contribution is 2.27. The van der Waals surface area contributed by atoms with Crippen LogP contribution in [-0.2, 0) is 0 Å². The molecule has 0 amide bonds. The number of amidine groups is 1. The van der Waals surface area contributed by atoms with Crippen LogP contribution in [0.1, 0.15) is 102 Å². The number of terminal acetylenes is 1. The van der Waals surface area contributed by atoms with E-state index >= 15 is 0 Å². The lowest BCUT2D eigenvalue weighted by Gasteiger charge is -2.10. The molecule has 2 heteroatoms. The van der Waals surface area contributed by atoms with E-state index in [0.29, 0.717) is 12.4 Å². The van der Waals surface area contributed by atoms with Gasteiger partial charge >= 0.3 is 0 Å². The Hall–Kier alpha value is -6.69. The number of aliphatic imine (C=N–C) groups is 1. The van der Waals surface area contributed by atoms with Crippen LogP contribution in [0.15, 0.2) is 224 Å². The topological polar surface area (TPSA) is 38.4 Å². The molecule has 2 aliphatic rings. The van der Waals surface area contributed by atoms with Crippen molar-refractivity contribution in [1.82, 2.24) is 0 Å². The summed E-state index contributed by atoms with van der Waals surface area (Å²) < 4.78 is 0. The molecule has 330 valence electrons. The van der Waals surface area contributed by atoms with E-state index in [1.54, 1.807) is 12.2 Å². The molecule has 0 spiro atoms. The van der Waals surface area contributed by atoms with Crippen molar-refractivity contribution in [3.05, 3.63) is 241 Å². The van der Waals surface area contributed by atoms with Gasteiger partial charge in [0.25, 0.3) is 0 Å². The van der Waals surface area contributed by atoms with Gasteiger partial charge in [0, 0.05) is 5.56 Å². The Morgan fingerprint density at radius 1 is 0.698 bits per heavy atom. The quantitative estimate of drug-likeness (QED) is 0.0704. The van der Waals surface area contributed by atoms with Crippen molar-refractivity contribution < 1.29 is 0 Å². The van der Waals surface area contributed by atoms with Crippen molar-refractivity contribution in [2.24, 2.45) is 10.7 Å². The monoisotopic (exact) mass is 837 g/mol. The fraction of sp³-hybridized carbons (Fsp3) is 0.230. The molecule has 0 aliphatic heterocycles. The Morgan fingerprint density at radius 3 is 1.84 bits per heavy atom. The number of aryl methyl sites for hydroxylation is 1. The summed E-state index contributed by atoms with van der Waals surface area (Å²) in [4.78, 5) is 4.62. The standard InChI is InChI=1S/C34H36N2.C13H14.C8H12.2C2H6.C2H2/c1-5-8-17-29(14-6-2)26(4)22-28(7-3)30-18-12-19-31(23-30)32-20-13-21-33(24-32)34(35)36-25-27-15-10-9-11-16-27;1-11-7-9-13(10-8-11)12-5-3-2-4-6-12;1-3-5-7-8-6-4-2;3*1-2/h6-8,10,12-24H,2-5,9,11,25H2,1H3,(H2,35,36);3,5-10H,2,4H2,1H3;3,5-8H,1,4H2,2H3;2*1-2H3;1-2H/b17-8-,28-22+,29-14+;;7-5-,8-6-;;;. The lowest BCUT2D eigenvalue weighted by atomic mass is 9.95. The summed E-state index contributed by atoms with van der Waals surface area (Å²) in [6.07, 6.45) is 49.6. The van der Waals surface area contributed by atoms with E-state index in [9.17, 15) is 0 Å². The highest BCUT2D eigenvalue weighted by Gasteiger charge is 2.07. The summed E-state index contributed by atoms with van der Waals surface area (Å²) in [5.41, 5.74) is 18.7. The van der Waals surface area contributed by atoms with E-state index < -0.39 is 0 Å². The van der Waals surface area contributed by atoms with Gasteiger partial charge in [0.1, 0.15) is 5.84 Å². The normalized spacial score (nSPS) is 13.2. The number of allylic oxidation sites excluding steroid dienone is 20. The van der Waals surface area contributed by atoms with Crippen LogP contribution in [0.2, 0.25) is 0 Å². The zero-order chi connectivity index (χ0) is 47.1. The lowest BCUT2D eigenvalue weighted by Crippen LogP contribution is -2.14. The fourth-order valence-electron chi connectivity index (χ4n) is 5.89. The van der Waals surface area contributed by atoms with Gasteiger partial charge in [0.15, 0.2) is 0 Å². The highest BCUT2D eigenvalue weighted by atomic mass is 14.8. The SMILES string of the molecule is C#C.C=C/C=C(\C=C/CC)C(=C)/C=C(\C=C)c1cccc(-c2cccc(C(N)=NCC3=CCCC=C3)c2)c1.C=C/C=C\C=C/CC.CC.CC.Cc1ccc(C2=CCCC=C2)cc1. The molecule has 3 aromatic carbocycles.